The van der Waals surface area contributed by atoms with Crippen LogP contribution in [-0.4, -0.2) is 46.4 Å². The second-order valence-corrected chi connectivity index (χ2v) is 7.00. The molecule has 1 saturated heterocycles. The molecule has 8 heteroatoms. The van der Waals surface area contributed by atoms with Crippen LogP contribution in [0.4, 0.5) is 5.69 Å². The third-order valence-corrected chi connectivity index (χ3v) is 5.22. The van der Waals surface area contributed by atoms with Crippen LogP contribution in [0, 0.1) is 0 Å². The molecule has 0 saturated carbocycles. The largest absolute Gasteiger partial charge is 0.380 e. The molecule has 1 aliphatic rings. The molecule has 0 radical (unpaired) electrons. The van der Waals surface area contributed by atoms with Crippen LogP contribution < -0.4 is 5.32 Å². The molecule has 7 nitrogen and oxygen atoms in total. The summed E-state index contributed by atoms with van der Waals surface area (Å²) in [5.41, 5.74) is 0.902. The fraction of sp³-hybridized carbons (Fsp3) is 0.385. The highest BCUT2D eigenvalue weighted by atomic mass is 32.2. The first kappa shape index (κ1) is 14.0. The highest BCUT2D eigenvalue weighted by molar-refractivity contribution is 7.89. The maximum Gasteiger partial charge on any atom is 0.262 e. The minimum Gasteiger partial charge on any atom is -0.380 e. The molecule has 1 N–H and O–H groups in total. The van der Waals surface area contributed by atoms with E-state index in [4.69, 9.17) is 0 Å². The van der Waals surface area contributed by atoms with E-state index in [9.17, 15) is 8.42 Å². The van der Waals surface area contributed by atoms with E-state index in [1.807, 2.05) is 12.1 Å². The van der Waals surface area contributed by atoms with Crippen LogP contribution in [0.15, 0.2) is 42.1 Å². The third-order valence-electron chi connectivity index (χ3n) is 3.47. The Morgan fingerprint density at radius 2 is 2.29 bits per heavy atom. The molecule has 21 heavy (non-hydrogen) atoms. The average Bonchev–Trinajstić information content (AvgIpc) is 3.10. The monoisotopic (exact) mass is 307 g/mol. The van der Waals surface area contributed by atoms with Gasteiger partial charge in [0.2, 0.25) is 0 Å². The maximum absolute atomic E-state index is 12.5. The average molecular weight is 307 g/mol. The molecular formula is C13H17N5O2S. The molecule has 1 aliphatic heterocycles. The van der Waals surface area contributed by atoms with Gasteiger partial charge in [0.15, 0.2) is 5.03 Å². The van der Waals surface area contributed by atoms with Crippen LogP contribution in [0.3, 0.4) is 0 Å². The summed E-state index contributed by atoms with van der Waals surface area (Å²) in [6.07, 6.45) is 7.22. The number of aromatic nitrogens is 3. The molecule has 112 valence electrons. The smallest absolute Gasteiger partial charge is 0.262 e. The van der Waals surface area contributed by atoms with Crippen LogP contribution in [0.25, 0.3) is 0 Å². The third kappa shape index (κ3) is 2.91. The summed E-state index contributed by atoms with van der Waals surface area (Å²) in [5.74, 6) is 0. The van der Waals surface area contributed by atoms with Crippen molar-refractivity contribution in [2.24, 2.45) is 7.05 Å². The number of nitrogens with one attached hydrogen (secondary N) is 1. The SMILES string of the molecule is Cn1cnc(S(=O)(=O)N2CCC(Nc3cccnc3)C2)c1. The summed E-state index contributed by atoms with van der Waals surface area (Å²) in [6, 6.07) is 3.86. The standard InChI is InChI=1S/C13H17N5O2S/c1-17-9-13(15-10-17)21(19,20)18-6-4-12(8-18)16-11-3-2-5-14-7-11/h2-3,5,7,9-10,12,16H,4,6,8H2,1H3. The van der Waals surface area contributed by atoms with Gasteiger partial charge >= 0.3 is 0 Å². The van der Waals surface area contributed by atoms with Crippen molar-refractivity contribution in [1.82, 2.24) is 18.8 Å². The van der Waals surface area contributed by atoms with Crippen LogP contribution in [0.2, 0.25) is 0 Å². The predicted molar refractivity (Wildman–Crippen MR) is 78.2 cm³/mol. The number of hydrogen-bond donors (Lipinski definition) is 1. The van der Waals surface area contributed by atoms with Crippen LogP contribution in [0.5, 0.6) is 0 Å². The van der Waals surface area contributed by atoms with Gasteiger partial charge in [0.1, 0.15) is 0 Å². The Balaban J connectivity index is 1.69. The van der Waals surface area contributed by atoms with Crippen molar-refractivity contribution >= 4 is 15.7 Å². The maximum atomic E-state index is 12.5. The molecule has 1 unspecified atom stereocenters. The Bertz CT molecular complexity index is 713. The normalized spacial score (nSPS) is 19.8. The topological polar surface area (TPSA) is 80.1 Å². The van der Waals surface area contributed by atoms with Crippen molar-refractivity contribution in [3.63, 3.8) is 0 Å². The van der Waals surface area contributed by atoms with E-state index in [1.165, 1.54) is 16.8 Å². The number of anilines is 1. The molecule has 1 atom stereocenters. The Labute approximate surface area is 123 Å². The predicted octanol–water partition coefficient (Wildman–Crippen LogP) is 0.690. The Morgan fingerprint density at radius 1 is 1.43 bits per heavy atom. The Hall–Kier alpha value is -1.93. The van der Waals surface area contributed by atoms with Gasteiger partial charge in [-0.2, -0.15) is 4.31 Å². The molecule has 3 rings (SSSR count). The number of pyridine rings is 1. The van der Waals surface area contributed by atoms with Crippen molar-refractivity contribution in [1.29, 1.82) is 0 Å². The number of sulfonamides is 1. The van der Waals surface area contributed by atoms with Crippen molar-refractivity contribution in [2.45, 2.75) is 17.5 Å². The zero-order chi connectivity index (χ0) is 14.9. The lowest BCUT2D eigenvalue weighted by molar-refractivity contribution is 0.472. The molecule has 0 spiro atoms. The van der Waals surface area contributed by atoms with E-state index in [0.717, 1.165) is 12.1 Å². The first-order chi connectivity index (χ1) is 10.1. The summed E-state index contributed by atoms with van der Waals surface area (Å²) in [7, 11) is -1.74. The Kier molecular flexibility index (Phi) is 3.64. The van der Waals surface area contributed by atoms with Gasteiger partial charge in [0.05, 0.1) is 12.0 Å². The minimum atomic E-state index is -3.50. The zero-order valence-corrected chi connectivity index (χ0v) is 12.5. The van der Waals surface area contributed by atoms with Gasteiger partial charge in [0.25, 0.3) is 10.0 Å². The quantitative estimate of drug-likeness (QED) is 0.899. The van der Waals surface area contributed by atoms with Crippen LogP contribution in [0.1, 0.15) is 6.42 Å². The summed E-state index contributed by atoms with van der Waals surface area (Å²) >= 11 is 0. The Morgan fingerprint density at radius 3 is 2.95 bits per heavy atom. The lowest BCUT2D eigenvalue weighted by Crippen LogP contribution is -2.31. The second-order valence-electron chi connectivity index (χ2n) is 5.11. The fourth-order valence-electron chi connectivity index (χ4n) is 2.40. The van der Waals surface area contributed by atoms with Gasteiger partial charge in [-0.3, -0.25) is 4.98 Å². The van der Waals surface area contributed by atoms with Crippen LogP contribution in [-0.2, 0) is 17.1 Å². The minimum absolute atomic E-state index is 0.0905. The number of hydrogen-bond acceptors (Lipinski definition) is 5. The van der Waals surface area contributed by atoms with Gasteiger partial charge in [0, 0.05) is 44.8 Å². The van der Waals surface area contributed by atoms with Crippen LogP contribution >= 0.6 is 0 Å². The van der Waals surface area contributed by atoms with Gasteiger partial charge in [-0.15, -0.1) is 0 Å². The highest BCUT2D eigenvalue weighted by Gasteiger charge is 2.33. The second kappa shape index (κ2) is 5.45. The molecule has 2 aromatic heterocycles. The first-order valence-electron chi connectivity index (χ1n) is 6.70. The van der Waals surface area contributed by atoms with Crippen molar-refractivity contribution in [3.8, 4) is 0 Å². The molecular weight excluding hydrogens is 290 g/mol. The van der Waals surface area contributed by atoms with Crippen molar-refractivity contribution in [2.75, 3.05) is 18.4 Å². The highest BCUT2D eigenvalue weighted by Crippen LogP contribution is 2.21. The van der Waals surface area contributed by atoms with Crippen molar-refractivity contribution < 1.29 is 8.42 Å². The summed E-state index contributed by atoms with van der Waals surface area (Å²) in [5, 5.41) is 3.41. The number of nitrogens with zero attached hydrogens (tertiary/aromatic N) is 4. The summed E-state index contributed by atoms with van der Waals surface area (Å²) in [6.45, 7) is 0.935. The van der Waals surface area contributed by atoms with Gasteiger partial charge < -0.3 is 9.88 Å². The van der Waals surface area contributed by atoms with E-state index >= 15 is 0 Å². The first-order valence-corrected chi connectivity index (χ1v) is 8.14. The zero-order valence-electron chi connectivity index (χ0n) is 11.7. The summed E-state index contributed by atoms with van der Waals surface area (Å²) in [4.78, 5) is 7.98. The fourth-order valence-corrected chi connectivity index (χ4v) is 3.87. The van der Waals surface area contributed by atoms with E-state index < -0.39 is 10.0 Å². The summed E-state index contributed by atoms with van der Waals surface area (Å²) < 4.78 is 28.0. The molecule has 0 aromatic carbocycles. The lowest BCUT2D eigenvalue weighted by atomic mass is 10.2. The number of rotatable bonds is 4. The number of imidazole rings is 1. The number of aryl methyl sites for hydroxylation is 1. The van der Waals surface area contributed by atoms with E-state index in [1.54, 1.807) is 24.0 Å². The lowest BCUT2D eigenvalue weighted by Gasteiger charge is -2.16. The van der Waals surface area contributed by atoms with Gasteiger partial charge in [-0.25, -0.2) is 13.4 Å². The molecule has 1 fully saturated rings. The van der Waals surface area contributed by atoms with E-state index in [2.05, 4.69) is 15.3 Å². The van der Waals surface area contributed by atoms with Crippen molar-refractivity contribution in [3.05, 3.63) is 37.1 Å². The van der Waals surface area contributed by atoms with Gasteiger partial charge in [-0.1, -0.05) is 0 Å². The molecule has 2 aromatic rings. The molecule has 3 heterocycles. The molecule has 0 amide bonds. The van der Waals surface area contributed by atoms with E-state index in [-0.39, 0.29) is 11.1 Å². The molecule has 0 aliphatic carbocycles. The van der Waals surface area contributed by atoms with E-state index in [0.29, 0.717) is 13.1 Å². The van der Waals surface area contributed by atoms with Gasteiger partial charge in [-0.05, 0) is 18.6 Å². The molecule has 0 bridgehead atoms.